The third kappa shape index (κ3) is 4.67. The number of nitrogens with zero attached hydrogens (tertiary/aromatic N) is 3. The van der Waals surface area contributed by atoms with Crippen LogP contribution in [-0.4, -0.2) is 115 Å². The van der Waals surface area contributed by atoms with Gasteiger partial charge in [0.1, 0.15) is 24.1 Å². The Morgan fingerprint density at radius 1 is 1.36 bits per heavy atom. The quantitative estimate of drug-likeness (QED) is 0.230. The number of aromatic nitrogens is 2. The number of morpholine rings is 1. The molecule has 2 fully saturated rings. The number of hydrogen-bond donors (Lipinski definition) is 5. The molecule has 28 heavy (non-hydrogen) atoms. The van der Waals surface area contributed by atoms with Crippen molar-refractivity contribution in [2.24, 2.45) is 0 Å². The molecule has 3 rings (SSSR count). The topological polar surface area (TPSA) is 190 Å². The normalized spacial score (nSPS) is 31.5. The van der Waals surface area contributed by atoms with E-state index in [0.29, 0.717) is 0 Å². The zero-order chi connectivity index (χ0) is 19.8. The first-order chi connectivity index (χ1) is 12.6. The van der Waals surface area contributed by atoms with Gasteiger partial charge >= 0.3 is 13.5 Å². The van der Waals surface area contributed by atoms with Gasteiger partial charge in [-0.05, 0) is 6.07 Å². The van der Waals surface area contributed by atoms with Crippen LogP contribution in [0.25, 0.3) is 0 Å². The first-order valence-corrected chi connectivity index (χ1v) is 9.60. The molecule has 4 atom stereocenters. The van der Waals surface area contributed by atoms with Gasteiger partial charge in [-0.3, -0.25) is 14.0 Å². The Labute approximate surface area is 181 Å². The molecular weight excluding hydrogens is 410 g/mol. The van der Waals surface area contributed by atoms with E-state index in [2.05, 4.69) is 9.51 Å². The Balaban J connectivity index is 0.00000280. The molecule has 0 aliphatic carbocycles. The largest absolute Gasteiger partial charge is 0.469 e. The maximum atomic E-state index is 12.4. The summed E-state index contributed by atoms with van der Waals surface area (Å²) >= 11 is 0. The van der Waals surface area contributed by atoms with Gasteiger partial charge in [-0.25, -0.2) is 9.36 Å². The van der Waals surface area contributed by atoms with Crippen molar-refractivity contribution < 1.29 is 38.6 Å². The van der Waals surface area contributed by atoms with Crippen molar-refractivity contribution in [3.63, 3.8) is 0 Å². The summed E-state index contributed by atoms with van der Waals surface area (Å²) in [5.74, 6) is -1.91. The summed E-state index contributed by atoms with van der Waals surface area (Å²) in [5.41, 5.74) is 4.69. The fourth-order valence-corrected chi connectivity index (χ4v) is 3.59. The molecule has 2 saturated heterocycles. The molecule has 1 aromatic rings. The molecule has 13 nitrogen and oxygen atoms in total. The molecule has 1 aromatic heterocycles. The van der Waals surface area contributed by atoms with Crippen LogP contribution >= 0.6 is 7.82 Å². The second-order valence-electron chi connectivity index (χ2n) is 6.14. The molecule has 0 aromatic carbocycles. The van der Waals surface area contributed by atoms with Crippen LogP contribution < -0.4 is 11.4 Å². The van der Waals surface area contributed by atoms with Gasteiger partial charge in [-0.15, -0.1) is 0 Å². The number of aliphatic hydroxyl groups excluding tert-OH is 2. The van der Waals surface area contributed by atoms with Gasteiger partial charge in [0.25, 0.3) is 0 Å². The molecule has 0 unspecified atom stereocenters. The van der Waals surface area contributed by atoms with Gasteiger partial charge in [-0.1, -0.05) is 0 Å². The van der Waals surface area contributed by atoms with Gasteiger partial charge in [0.2, 0.25) is 5.85 Å². The summed E-state index contributed by atoms with van der Waals surface area (Å²) in [4.78, 5) is 35.4. The summed E-state index contributed by atoms with van der Waals surface area (Å²) < 4.78 is 27.4. The predicted octanol–water partition coefficient (Wildman–Crippen LogP) is -3.38. The first-order valence-electron chi connectivity index (χ1n) is 8.07. The third-order valence-corrected chi connectivity index (χ3v) is 4.94. The monoisotopic (exact) mass is 431 g/mol. The van der Waals surface area contributed by atoms with Crippen molar-refractivity contribution in [2.45, 2.75) is 24.2 Å². The van der Waals surface area contributed by atoms with E-state index in [9.17, 15) is 19.6 Å². The molecule has 1 radical (unpaired) electrons. The summed E-state index contributed by atoms with van der Waals surface area (Å²) in [6.45, 7) is 0.383. The van der Waals surface area contributed by atoms with Crippen molar-refractivity contribution in [1.29, 1.82) is 0 Å². The second-order valence-corrected chi connectivity index (χ2v) is 7.38. The zero-order valence-electron chi connectivity index (χ0n) is 15.1. The minimum atomic E-state index is -4.83. The van der Waals surface area contributed by atoms with Crippen molar-refractivity contribution in [1.82, 2.24) is 14.5 Å². The minimum Gasteiger partial charge on any atom is -0.387 e. The molecule has 0 bridgehead atoms. The Hall–Kier alpha value is -0.410. The van der Waals surface area contributed by atoms with Gasteiger partial charge in [0.05, 0.1) is 19.8 Å². The van der Waals surface area contributed by atoms with E-state index in [1.807, 2.05) is 0 Å². The van der Waals surface area contributed by atoms with Crippen molar-refractivity contribution in [3.05, 3.63) is 22.7 Å². The Kier molecular flexibility index (Phi) is 7.81. The van der Waals surface area contributed by atoms with Crippen LogP contribution in [0.1, 0.15) is 0 Å². The summed E-state index contributed by atoms with van der Waals surface area (Å²) in [6.07, 6.45) is -3.30. The molecule has 15 heteroatoms. The second kappa shape index (κ2) is 9.16. The average Bonchev–Trinajstić information content (AvgIpc) is 2.86. The van der Waals surface area contributed by atoms with E-state index < -0.39 is 44.3 Å². The van der Waals surface area contributed by atoms with E-state index in [1.54, 1.807) is 4.90 Å². The van der Waals surface area contributed by atoms with E-state index in [0.717, 1.165) is 4.57 Å². The van der Waals surface area contributed by atoms with Crippen molar-refractivity contribution >= 4 is 43.2 Å². The van der Waals surface area contributed by atoms with Gasteiger partial charge in [0.15, 0.2) is 0 Å². The number of nitrogens with two attached hydrogens (primary N) is 1. The standard InChI is InChI=1S/C13H21N4O9P.Na/c14-9-1-2-17(12(20)15-9)13(16-3-5-24-6-4-16)11(19)10(18)8(26-13)7-25-27(21,22)23;/h1-2,8,10-11,18-19H,3-7H2,(H2,14,15,20)(H2,21,22,23);/t8-,10-,11-,13+;/m1./s1. The summed E-state index contributed by atoms with van der Waals surface area (Å²) in [7, 11) is -4.83. The van der Waals surface area contributed by atoms with E-state index >= 15 is 0 Å². The number of anilines is 1. The smallest absolute Gasteiger partial charge is 0.387 e. The van der Waals surface area contributed by atoms with Crippen molar-refractivity contribution in [2.75, 3.05) is 38.6 Å². The Morgan fingerprint density at radius 3 is 2.57 bits per heavy atom. The molecule has 153 valence electrons. The van der Waals surface area contributed by atoms with Crippen LogP contribution in [0, 0.1) is 0 Å². The van der Waals surface area contributed by atoms with Gasteiger partial charge in [-0.2, -0.15) is 4.98 Å². The van der Waals surface area contributed by atoms with E-state index in [-0.39, 0.29) is 61.7 Å². The van der Waals surface area contributed by atoms with Crippen molar-refractivity contribution in [3.8, 4) is 0 Å². The number of phosphoric ester groups is 1. The van der Waals surface area contributed by atoms with Crippen LogP contribution in [0.15, 0.2) is 17.1 Å². The zero-order valence-corrected chi connectivity index (χ0v) is 18.0. The number of nitrogen functional groups attached to an aromatic ring is 1. The maximum Gasteiger partial charge on any atom is 0.469 e. The third-order valence-electron chi connectivity index (χ3n) is 4.46. The summed E-state index contributed by atoms with van der Waals surface area (Å²) in [6, 6.07) is 1.32. The molecule has 0 saturated carbocycles. The van der Waals surface area contributed by atoms with Crippen LogP contribution in [0.4, 0.5) is 5.82 Å². The first kappa shape index (κ1) is 23.9. The average molecular weight is 431 g/mol. The van der Waals surface area contributed by atoms with Crippen LogP contribution in [0.3, 0.4) is 0 Å². The number of phosphoric acid groups is 1. The maximum absolute atomic E-state index is 12.4. The van der Waals surface area contributed by atoms with Crippen LogP contribution in [0.5, 0.6) is 0 Å². The molecule has 0 spiro atoms. The number of ether oxygens (including phenoxy) is 2. The molecule has 2 aliphatic heterocycles. The Morgan fingerprint density at radius 2 is 2.00 bits per heavy atom. The molecule has 6 N–H and O–H groups in total. The SMILES string of the molecule is Nc1ccn([C@]2(N3CCOCC3)O[C@H](COP(=O)(O)O)[C@@H](O)[C@H]2O)c(=O)n1.[Na]. The molecule has 0 amide bonds. The molecule has 2 aliphatic rings. The van der Waals surface area contributed by atoms with E-state index in [1.165, 1.54) is 12.3 Å². The summed E-state index contributed by atoms with van der Waals surface area (Å²) in [5, 5.41) is 21.2. The fraction of sp³-hybridized carbons (Fsp3) is 0.692. The number of aliphatic hydroxyl groups is 2. The van der Waals surface area contributed by atoms with Crippen LogP contribution in [0.2, 0.25) is 0 Å². The van der Waals surface area contributed by atoms with Crippen LogP contribution in [-0.2, 0) is 24.4 Å². The van der Waals surface area contributed by atoms with E-state index in [4.69, 9.17) is 25.0 Å². The number of rotatable bonds is 5. The fourth-order valence-electron chi connectivity index (χ4n) is 3.25. The minimum absolute atomic E-state index is 0. The Bertz CT molecular complexity index is 786. The predicted molar refractivity (Wildman–Crippen MR) is 93.9 cm³/mol. The van der Waals surface area contributed by atoms with Gasteiger partial charge in [0, 0.05) is 48.8 Å². The molecule has 3 heterocycles. The molecular formula is C13H21N4NaO9P. The van der Waals surface area contributed by atoms with Gasteiger partial charge < -0.3 is 35.2 Å². The number of hydrogen-bond acceptors (Lipinski definition) is 10.